The van der Waals surface area contributed by atoms with Gasteiger partial charge >= 0.3 is 43.8 Å². The molecular weight excluding hydrogens is 785 g/mol. The van der Waals surface area contributed by atoms with Gasteiger partial charge in [-0.15, -0.1) is 0 Å². The maximum absolute atomic E-state index is 6.68. The molecule has 0 atom stereocenters. The molecule has 0 saturated carbocycles. The number of nitrogens with one attached hydrogen (secondary N) is 1. The molecule has 0 spiro atoms. The van der Waals surface area contributed by atoms with Crippen molar-refractivity contribution in [3.05, 3.63) is 49.1 Å². The van der Waals surface area contributed by atoms with Crippen molar-refractivity contribution in [2.75, 3.05) is 0 Å². The van der Waals surface area contributed by atoms with E-state index in [1.165, 1.54) is 5.39 Å². The zero-order chi connectivity index (χ0) is 43.3. The van der Waals surface area contributed by atoms with Gasteiger partial charge in [-0.25, -0.2) is 9.97 Å². The SMILES string of the molecule is CC(C)[Si](C(C)C)(C(C)C)n1ccc2cc(B3OC(C)(C)C(C)(C)O3)cnc21.CC(C)[Si](Cl)(C(C)C)C(C)C.CC1(C)OB(c2cnc3[nH]ccc3c2)OC1(C)C.[H-].[Na+]. The molecule has 0 aliphatic carbocycles. The molecule has 2 saturated heterocycles. The molecule has 6 rings (SSSR count). The summed E-state index contributed by atoms with van der Waals surface area (Å²) in [7, 11) is -4.04. The number of rotatable bonds is 9. The van der Waals surface area contributed by atoms with Gasteiger partial charge in [0.05, 0.1) is 22.4 Å². The van der Waals surface area contributed by atoms with Crippen LogP contribution in [0.25, 0.3) is 22.1 Å². The molecular formula is C44H76B2ClN4NaO4Si2. The maximum atomic E-state index is 6.68. The number of hydrogen-bond acceptors (Lipinski definition) is 6. The minimum Gasteiger partial charge on any atom is -1.00 e. The first kappa shape index (κ1) is 51.4. The first-order valence-corrected chi connectivity index (χ1v) is 26.8. The number of hydrogen-bond donors (Lipinski definition) is 1. The van der Waals surface area contributed by atoms with E-state index in [2.05, 4.69) is 177 Å². The van der Waals surface area contributed by atoms with E-state index >= 15 is 0 Å². The summed E-state index contributed by atoms with van der Waals surface area (Å²) in [4.78, 5) is 12.4. The molecule has 2 aliphatic rings. The van der Waals surface area contributed by atoms with Gasteiger partial charge < -0.3 is 29.3 Å². The summed E-state index contributed by atoms with van der Waals surface area (Å²) in [5, 5.41) is 2.24. The van der Waals surface area contributed by atoms with Crippen molar-refractivity contribution in [3.8, 4) is 0 Å². The van der Waals surface area contributed by atoms with Crippen molar-refractivity contribution in [1.82, 2.24) is 19.2 Å². The molecule has 4 aromatic heterocycles. The van der Waals surface area contributed by atoms with Gasteiger partial charge in [0.1, 0.15) is 11.3 Å². The number of fused-ring (bicyclic) bond motifs is 2. The summed E-state index contributed by atoms with van der Waals surface area (Å²) < 4.78 is 27.0. The quantitative estimate of drug-likeness (QED) is 0.134. The predicted molar refractivity (Wildman–Crippen MR) is 252 cm³/mol. The second-order valence-electron chi connectivity index (χ2n) is 20.4. The fourth-order valence-corrected chi connectivity index (χ4v) is 19.9. The standard InChI is InChI=1S/C22H37BN2O2Si.C13H17BN2O2.C9H21ClSi.Na.H/c1-15(2)28(16(3)4,17(5)6)25-12-11-18-13-19(14-24-20(18)25)23-26-21(7,8)22(9,10)27-23;1-12(2)13(3,4)18-14(17-12)10-7-9-5-6-15-11(9)16-8-10;1-7(2)11(10,8(3)4)9(5)6;;/h11-17H,1-10H3;5-8H,1-4H3,(H,15,16);7-9H,1-6H3;;/q;;;+1;-1. The molecule has 58 heavy (non-hydrogen) atoms. The van der Waals surface area contributed by atoms with Crippen LogP contribution >= 0.6 is 11.1 Å². The molecule has 0 bridgehead atoms. The van der Waals surface area contributed by atoms with Crippen molar-refractivity contribution < 1.29 is 49.6 Å². The zero-order valence-electron chi connectivity index (χ0n) is 41.1. The Labute approximate surface area is 383 Å². The number of H-pyrrole nitrogens is 1. The van der Waals surface area contributed by atoms with Crippen LogP contribution in [0, 0.1) is 0 Å². The Morgan fingerprint density at radius 2 is 0.983 bits per heavy atom. The Balaban J connectivity index is 0.000000333. The molecule has 0 radical (unpaired) electrons. The first-order valence-electron chi connectivity index (χ1n) is 21.4. The number of aromatic amines is 1. The topological polar surface area (TPSA) is 83.4 Å². The van der Waals surface area contributed by atoms with Gasteiger partial charge in [-0.1, -0.05) is 83.1 Å². The van der Waals surface area contributed by atoms with Crippen molar-refractivity contribution >= 4 is 73.9 Å². The third kappa shape index (κ3) is 9.82. The fraction of sp³-hybridized carbons (Fsp3) is 0.682. The van der Waals surface area contributed by atoms with E-state index in [1.54, 1.807) is 6.20 Å². The summed E-state index contributed by atoms with van der Waals surface area (Å²) in [6.07, 6.45) is 7.91. The Hall–Kier alpha value is -0.926. The van der Waals surface area contributed by atoms with Gasteiger partial charge in [0.2, 0.25) is 0 Å². The van der Waals surface area contributed by atoms with Crippen LogP contribution in [0.4, 0.5) is 0 Å². The smallest absolute Gasteiger partial charge is 1.00 e. The molecule has 4 aromatic rings. The summed E-state index contributed by atoms with van der Waals surface area (Å²) in [6.45, 7) is 44.4. The van der Waals surface area contributed by atoms with Gasteiger partial charge in [0, 0.05) is 40.3 Å². The molecule has 8 nitrogen and oxygen atoms in total. The minimum atomic E-state index is -1.82. The Morgan fingerprint density at radius 1 is 0.603 bits per heavy atom. The molecule has 0 unspecified atom stereocenters. The second kappa shape index (κ2) is 18.8. The molecule has 14 heteroatoms. The Kier molecular flexibility index (Phi) is 16.7. The van der Waals surface area contributed by atoms with Crippen LogP contribution in [0.1, 0.15) is 140 Å². The van der Waals surface area contributed by atoms with Crippen molar-refractivity contribution in [2.45, 2.75) is 194 Å². The largest absolute Gasteiger partial charge is 1.00 e. The summed E-state index contributed by atoms with van der Waals surface area (Å²) in [5.74, 6) is 0. The van der Waals surface area contributed by atoms with Crippen molar-refractivity contribution in [2.24, 2.45) is 0 Å². The van der Waals surface area contributed by atoms with Gasteiger partial charge in [0.15, 0.2) is 15.6 Å². The molecule has 1 N–H and O–H groups in total. The number of halogens is 1. The Bertz CT molecular complexity index is 1900. The number of aromatic nitrogens is 4. The van der Waals surface area contributed by atoms with E-state index < -0.39 is 15.6 Å². The van der Waals surface area contributed by atoms with Gasteiger partial charge in [0.25, 0.3) is 0 Å². The molecule has 2 fully saturated rings. The van der Waals surface area contributed by atoms with E-state index in [9.17, 15) is 0 Å². The van der Waals surface area contributed by atoms with Crippen LogP contribution in [0.3, 0.4) is 0 Å². The minimum absolute atomic E-state index is 0. The third-order valence-electron chi connectivity index (χ3n) is 13.9. The molecule has 0 amide bonds. The van der Waals surface area contributed by atoms with Gasteiger partial charge in [-0.3, -0.25) is 0 Å². The monoisotopic (exact) mass is 861 g/mol. The fourth-order valence-electron chi connectivity index (χ4n) is 9.36. The van der Waals surface area contributed by atoms with E-state index in [4.69, 9.17) is 34.7 Å². The average Bonchev–Trinajstić information content (AvgIpc) is 3.83. The Morgan fingerprint density at radius 3 is 1.34 bits per heavy atom. The number of pyridine rings is 2. The normalized spacial score (nSPS) is 18.7. The average molecular weight is 861 g/mol. The van der Waals surface area contributed by atoms with Crippen LogP contribution in [0.2, 0.25) is 33.2 Å². The van der Waals surface area contributed by atoms with Gasteiger partial charge in [-0.05, 0) is 119 Å². The van der Waals surface area contributed by atoms with E-state index in [-0.39, 0.29) is 67.6 Å². The molecule has 0 aromatic carbocycles. The summed E-state index contributed by atoms with van der Waals surface area (Å²) in [6, 6.07) is 8.46. The van der Waals surface area contributed by atoms with Gasteiger partial charge in [-0.2, -0.15) is 11.1 Å². The molecule has 6 heterocycles. The van der Waals surface area contributed by atoms with E-state index in [1.807, 2.05) is 18.5 Å². The maximum Gasteiger partial charge on any atom is 1.00 e. The summed E-state index contributed by atoms with van der Waals surface area (Å²) >= 11 is 6.68. The third-order valence-corrected chi connectivity index (χ3v) is 29.8. The van der Waals surface area contributed by atoms with E-state index in [0.29, 0.717) is 33.2 Å². The molecule has 318 valence electrons. The summed E-state index contributed by atoms with van der Waals surface area (Å²) in [5.41, 5.74) is 6.58. The van der Waals surface area contributed by atoms with Crippen molar-refractivity contribution in [1.29, 1.82) is 0 Å². The van der Waals surface area contributed by atoms with E-state index in [0.717, 1.165) is 27.6 Å². The van der Waals surface area contributed by atoms with Crippen LogP contribution in [-0.2, 0) is 18.6 Å². The zero-order valence-corrected chi connectivity index (χ0v) is 44.8. The van der Waals surface area contributed by atoms with Crippen LogP contribution in [0.5, 0.6) is 0 Å². The van der Waals surface area contributed by atoms with Crippen LogP contribution < -0.4 is 40.5 Å². The number of nitrogens with zero attached hydrogens (tertiary/aromatic N) is 3. The van der Waals surface area contributed by atoms with Crippen LogP contribution in [-0.4, -0.2) is 71.4 Å². The second-order valence-corrected chi connectivity index (χ2v) is 33.2. The first-order chi connectivity index (χ1) is 26.1. The predicted octanol–water partition coefficient (Wildman–Crippen LogP) is 8.74. The molecule has 2 aliphatic heterocycles. The van der Waals surface area contributed by atoms with Crippen molar-refractivity contribution in [3.63, 3.8) is 0 Å². The van der Waals surface area contributed by atoms with Crippen LogP contribution in [0.15, 0.2) is 49.1 Å².